The summed E-state index contributed by atoms with van der Waals surface area (Å²) in [6, 6.07) is 0. The van der Waals surface area contributed by atoms with E-state index in [9.17, 15) is 9.59 Å². The molecule has 0 saturated carbocycles. The molecule has 0 fully saturated rings. The molecular formula is C14H22O4. The summed E-state index contributed by atoms with van der Waals surface area (Å²) in [7, 11) is 0. The van der Waals surface area contributed by atoms with Gasteiger partial charge < -0.3 is 9.47 Å². The second kappa shape index (κ2) is 5.55. The molecule has 102 valence electrons. The molecule has 1 rings (SSSR count). The third kappa shape index (κ3) is 2.57. The maximum Gasteiger partial charge on any atom is 0.310 e. The van der Waals surface area contributed by atoms with Gasteiger partial charge in [0.2, 0.25) is 5.78 Å². The number of carbonyl (C=O) groups excluding carboxylic acids is 2. The van der Waals surface area contributed by atoms with Crippen LogP contribution in [0.25, 0.3) is 0 Å². The molecule has 0 radical (unpaired) electrons. The van der Waals surface area contributed by atoms with Gasteiger partial charge in [0.25, 0.3) is 0 Å². The molecule has 0 N–H and O–H groups in total. The maximum absolute atomic E-state index is 12.1. The number of carbonyl (C=O) groups is 2. The summed E-state index contributed by atoms with van der Waals surface area (Å²) in [5, 5.41) is 0. The predicted molar refractivity (Wildman–Crippen MR) is 67.9 cm³/mol. The van der Waals surface area contributed by atoms with E-state index in [2.05, 4.69) is 0 Å². The van der Waals surface area contributed by atoms with Gasteiger partial charge in [-0.05, 0) is 19.4 Å². The number of Topliss-reactive ketones (excluding diaryl/α,β-unsaturated/α-hetero) is 1. The van der Waals surface area contributed by atoms with Crippen LogP contribution in [-0.4, -0.2) is 25.0 Å². The molecule has 1 atom stereocenters. The van der Waals surface area contributed by atoms with Gasteiger partial charge in [-0.3, -0.25) is 9.59 Å². The van der Waals surface area contributed by atoms with Crippen molar-refractivity contribution in [1.29, 1.82) is 0 Å². The Morgan fingerprint density at radius 1 is 1.28 bits per heavy atom. The van der Waals surface area contributed by atoms with Gasteiger partial charge in [0.15, 0.2) is 5.76 Å². The van der Waals surface area contributed by atoms with Crippen LogP contribution < -0.4 is 0 Å². The Hall–Kier alpha value is -1.32. The lowest BCUT2D eigenvalue weighted by Crippen LogP contribution is -2.24. The summed E-state index contributed by atoms with van der Waals surface area (Å²) in [4.78, 5) is 23.8. The Balaban J connectivity index is 3.05. The predicted octanol–water partition coefficient (Wildman–Crippen LogP) is 2.48. The third-order valence-corrected chi connectivity index (χ3v) is 3.67. The average Bonchev–Trinajstić information content (AvgIpc) is 2.45. The van der Waals surface area contributed by atoms with E-state index in [1.807, 2.05) is 27.7 Å². The number of rotatable bonds is 5. The normalized spacial score (nSPS) is 22.3. The average molecular weight is 254 g/mol. The highest BCUT2D eigenvalue weighted by molar-refractivity contribution is 6.00. The van der Waals surface area contributed by atoms with Crippen molar-refractivity contribution in [1.82, 2.24) is 0 Å². The van der Waals surface area contributed by atoms with Crippen molar-refractivity contribution in [3.63, 3.8) is 0 Å². The van der Waals surface area contributed by atoms with E-state index < -0.39 is 0 Å². The SMILES string of the molecule is CCOC(=O)CC1=C(OCC)C(=O)C(C)C1(C)C. The minimum Gasteiger partial charge on any atom is -0.490 e. The van der Waals surface area contributed by atoms with E-state index in [0.717, 1.165) is 5.57 Å². The van der Waals surface area contributed by atoms with Crippen molar-refractivity contribution in [3.05, 3.63) is 11.3 Å². The minimum absolute atomic E-state index is 0.0128. The lowest BCUT2D eigenvalue weighted by atomic mass is 9.77. The van der Waals surface area contributed by atoms with Gasteiger partial charge in [-0.2, -0.15) is 0 Å². The second-order valence-corrected chi connectivity index (χ2v) is 5.03. The van der Waals surface area contributed by atoms with Crippen LogP contribution in [0.2, 0.25) is 0 Å². The highest BCUT2D eigenvalue weighted by Gasteiger charge is 2.46. The van der Waals surface area contributed by atoms with Gasteiger partial charge in [-0.1, -0.05) is 20.8 Å². The van der Waals surface area contributed by atoms with E-state index >= 15 is 0 Å². The third-order valence-electron chi connectivity index (χ3n) is 3.67. The van der Waals surface area contributed by atoms with Gasteiger partial charge in [0.05, 0.1) is 19.6 Å². The van der Waals surface area contributed by atoms with E-state index in [4.69, 9.17) is 9.47 Å². The fraction of sp³-hybridized carbons (Fsp3) is 0.714. The molecule has 0 aromatic carbocycles. The summed E-state index contributed by atoms with van der Waals surface area (Å²) in [6.07, 6.45) is 0.131. The molecule has 0 aromatic heterocycles. The first-order chi connectivity index (χ1) is 8.36. The van der Waals surface area contributed by atoms with Gasteiger partial charge in [0, 0.05) is 11.3 Å². The summed E-state index contributed by atoms with van der Waals surface area (Å²) in [6.45, 7) is 10.2. The Morgan fingerprint density at radius 3 is 2.39 bits per heavy atom. The van der Waals surface area contributed by atoms with E-state index in [1.165, 1.54) is 0 Å². The molecule has 0 amide bonds. The summed E-state index contributed by atoms with van der Waals surface area (Å²) in [5.74, 6) is -0.118. The Kier molecular flexibility index (Phi) is 4.54. The molecule has 0 aliphatic heterocycles. The zero-order chi connectivity index (χ0) is 13.9. The monoisotopic (exact) mass is 254 g/mol. The molecule has 1 aliphatic rings. The number of hydrogen-bond donors (Lipinski definition) is 0. The fourth-order valence-electron chi connectivity index (χ4n) is 2.19. The van der Waals surface area contributed by atoms with Crippen molar-refractivity contribution < 1.29 is 19.1 Å². The summed E-state index contributed by atoms with van der Waals surface area (Å²) < 4.78 is 10.4. The van der Waals surface area contributed by atoms with Crippen LogP contribution in [0, 0.1) is 11.3 Å². The van der Waals surface area contributed by atoms with Crippen molar-refractivity contribution in [2.24, 2.45) is 11.3 Å². The number of ketones is 1. The first-order valence-electron chi connectivity index (χ1n) is 6.42. The lowest BCUT2D eigenvalue weighted by molar-refractivity contribution is -0.142. The molecule has 0 heterocycles. The molecular weight excluding hydrogens is 232 g/mol. The van der Waals surface area contributed by atoms with Crippen LogP contribution in [0.5, 0.6) is 0 Å². The molecule has 0 bridgehead atoms. The van der Waals surface area contributed by atoms with Crippen LogP contribution in [0.4, 0.5) is 0 Å². The van der Waals surface area contributed by atoms with E-state index in [-0.39, 0.29) is 29.5 Å². The molecule has 1 unspecified atom stereocenters. The Morgan fingerprint density at radius 2 is 1.89 bits per heavy atom. The number of esters is 1. The zero-order valence-electron chi connectivity index (χ0n) is 11.8. The molecule has 4 heteroatoms. The smallest absolute Gasteiger partial charge is 0.310 e. The Bertz CT molecular complexity index is 379. The van der Waals surface area contributed by atoms with E-state index in [1.54, 1.807) is 6.92 Å². The molecule has 0 spiro atoms. The first-order valence-corrected chi connectivity index (χ1v) is 6.42. The molecule has 4 nitrogen and oxygen atoms in total. The van der Waals surface area contributed by atoms with E-state index in [0.29, 0.717) is 19.0 Å². The summed E-state index contributed by atoms with van der Waals surface area (Å²) in [5.41, 5.74) is 0.411. The van der Waals surface area contributed by atoms with Crippen molar-refractivity contribution in [2.75, 3.05) is 13.2 Å². The first kappa shape index (κ1) is 14.7. The largest absolute Gasteiger partial charge is 0.490 e. The van der Waals surface area contributed by atoms with Crippen LogP contribution in [0.3, 0.4) is 0 Å². The number of hydrogen-bond acceptors (Lipinski definition) is 4. The molecule has 0 aromatic rings. The van der Waals surface area contributed by atoms with Crippen LogP contribution >= 0.6 is 0 Å². The van der Waals surface area contributed by atoms with Gasteiger partial charge in [-0.15, -0.1) is 0 Å². The minimum atomic E-state index is -0.353. The second-order valence-electron chi connectivity index (χ2n) is 5.03. The van der Waals surface area contributed by atoms with Crippen LogP contribution in [-0.2, 0) is 19.1 Å². The maximum atomic E-state index is 12.1. The molecule has 0 saturated heterocycles. The van der Waals surface area contributed by atoms with Gasteiger partial charge >= 0.3 is 5.97 Å². The lowest BCUT2D eigenvalue weighted by Gasteiger charge is -2.25. The highest BCUT2D eigenvalue weighted by atomic mass is 16.5. The topological polar surface area (TPSA) is 52.6 Å². The Labute approximate surface area is 108 Å². The standard InChI is InChI=1S/C14H22O4/c1-6-17-11(15)8-10-13(18-7-2)12(16)9(3)14(10,4)5/h9H,6-8H2,1-5H3. The zero-order valence-corrected chi connectivity index (χ0v) is 11.8. The molecule has 18 heavy (non-hydrogen) atoms. The summed E-state index contributed by atoms with van der Waals surface area (Å²) >= 11 is 0. The molecule has 1 aliphatic carbocycles. The van der Waals surface area contributed by atoms with Crippen LogP contribution in [0.1, 0.15) is 41.0 Å². The highest BCUT2D eigenvalue weighted by Crippen LogP contribution is 2.46. The van der Waals surface area contributed by atoms with Gasteiger partial charge in [-0.25, -0.2) is 0 Å². The van der Waals surface area contributed by atoms with Crippen molar-refractivity contribution in [2.45, 2.75) is 41.0 Å². The number of ether oxygens (including phenoxy) is 2. The quantitative estimate of drug-likeness (QED) is 0.707. The van der Waals surface area contributed by atoms with Crippen LogP contribution in [0.15, 0.2) is 11.3 Å². The van der Waals surface area contributed by atoms with Crippen molar-refractivity contribution in [3.8, 4) is 0 Å². The number of allylic oxidation sites excluding steroid dienone is 1. The van der Waals surface area contributed by atoms with Gasteiger partial charge in [0.1, 0.15) is 0 Å². The van der Waals surface area contributed by atoms with Crippen molar-refractivity contribution >= 4 is 11.8 Å². The fourth-order valence-corrected chi connectivity index (χ4v) is 2.19.